The van der Waals surface area contributed by atoms with Gasteiger partial charge in [-0.3, -0.25) is 0 Å². The second kappa shape index (κ2) is 3.81. The van der Waals surface area contributed by atoms with Crippen molar-refractivity contribution >= 4 is 0 Å². The molecule has 0 amide bonds. The van der Waals surface area contributed by atoms with Gasteiger partial charge in [0, 0.05) is 5.56 Å². The fraction of sp³-hybridized carbons (Fsp3) is 0. The highest BCUT2D eigenvalue weighted by atomic mass is 19.1. The van der Waals surface area contributed by atoms with E-state index in [4.69, 9.17) is 0 Å². The lowest BCUT2D eigenvalue weighted by Crippen LogP contribution is -1.83. The van der Waals surface area contributed by atoms with Crippen LogP contribution in [0.2, 0.25) is 0 Å². The maximum absolute atomic E-state index is 13.0. The zero-order chi connectivity index (χ0) is 11.7. The Balaban J connectivity index is 2.58. The summed E-state index contributed by atoms with van der Waals surface area (Å²) in [6.45, 7) is 0. The molecule has 0 aromatic heterocycles. The molecule has 0 saturated carbocycles. The maximum Gasteiger partial charge on any atom is 0.164 e. The number of aromatic hydroxyl groups is 2. The maximum atomic E-state index is 13.0. The van der Waals surface area contributed by atoms with Gasteiger partial charge < -0.3 is 10.2 Å². The van der Waals surface area contributed by atoms with Gasteiger partial charge in [-0.1, -0.05) is 6.07 Å². The van der Waals surface area contributed by atoms with Crippen LogP contribution in [-0.2, 0) is 0 Å². The second-order valence-electron chi connectivity index (χ2n) is 3.33. The molecule has 0 heterocycles. The molecule has 0 bridgehead atoms. The third-order valence-corrected chi connectivity index (χ3v) is 2.22. The fourth-order valence-electron chi connectivity index (χ4n) is 1.42. The molecule has 0 aliphatic rings. The number of phenols is 2. The van der Waals surface area contributed by atoms with Crippen LogP contribution in [-0.4, -0.2) is 10.2 Å². The molecule has 0 unspecified atom stereocenters. The Kier molecular flexibility index (Phi) is 2.48. The number of hydrogen-bond donors (Lipinski definition) is 2. The van der Waals surface area contributed by atoms with E-state index in [1.807, 2.05) is 0 Å². The van der Waals surface area contributed by atoms with E-state index in [-0.39, 0.29) is 11.3 Å². The summed E-state index contributed by atoms with van der Waals surface area (Å²) in [4.78, 5) is 0. The van der Waals surface area contributed by atoms with Crippen LogP contribution in [0.4, 0.5) is 8.78 Å². The van der Waals surface area contributed by atoms with Gasteiger partial charge in [0.2, 0.25) is 0 Å². The van der Waals surface area contributed by atoms with E-state index < -0.39 is 17.4 Å². The zero-order valence-electron chi connectivity index (χ0n) is 8.11. The Morgan fingerprint density at radius 3 is 2.25 bits per heavy atom. The number of rotatable bonds is 1. The topological polar surface area (TPSA) is 40.5 Å². The van der Waals surface area contributed by atoms with E-state index in [2.05, 4.69) is 0 Å². The average molecular weight is 222 g/mol. The van der Waals surface area contributed by atoms with Crippen LogP contribution in [0.5, 0.6) is 11.5 Å². The largest absolute Gasteiger partial charge is 0.507 e. The molecule has 2 nitrogen and oxygen atoms in total. The summed E-state index contributed by atoms with van der Waals surface area (Å²) < 4.78 is 25.8. The van der Waals surface area contributed by atoms with Gasteiger partial charge in [-0.25, -0.2) is 8.78 Å². The second-order valence-corrected chi connectivity index (χ2v) is 3.33. The third kappa shape index (κ3) is 1.82. The van der Waals surface area contributed by atoms with Crippen molar-refractivity contribution in [3.8, 4) is 22.6 Å². The molecule has 2 aromatic rings. The molecule has 2 N–H and O–H groups in total. The van der Waals surface area contributed by atoms with Crippen LogP contribution in [0, 0.1) is 11.6 Å². The number of phenolic OH excluding ortho intramolecular Hbond substituents is 2. The highest BCUT2D eigenvalue weighted by molar-refractivity contribution is 5.71. The minimum Gasteiger partial charge on any atom is -0.507 e. The van der Waals surface area contributed by atoms with E-state index in [1.165, 1.54) is 12.1 Å². The summed E-state index contributed by atoms with van der Waals surface area (Å²) in [6.07, 6.45) is 0. The minimum absolute atomic E-state index is 0.132. The van der Waals surface area contributed by atoms with Crippen LogP contribution < -0.4 is 0 Å². The van der Waals surface area contributed by atoms with Gasteiger partial charge in [-0.05, 0) is 35.9 Å². The van der Waals surface area contributed by atoms with Crippen molar-refractivity contribution in [2.45, 2.75) is 0 Å². The molecule has 4 heteroatoms. The van der Waals surface area contributed by atoms with Gasteiger partial charge >= 0.3 is 0 Å². The summed E-state index contributed by atoms with van der Waals surface area (Å²) in [5, 5.41) is 18.7. The monoisotopic (exact) mass is 222 g/mol. The molecule has 16 heavy (non-hydrogen) atoms. The molecule has 0 spiro atoms. The van der Waals surface area contributed by atoms with Gasteiger partial charge in [0.15, 0.2) is 11.6 Å². The van der Waals surface area contributed by atoms with Crippen molar-refractivity contribution in [2.24, 2.45) is 0 Å². The first-order valence-electron chi connectivity index (χ1n) is 4.55. The van der Waals surface area contributed by atoms with Gasteiger partial charge in [-0.15, -0.1) is 0 Å². The number of halogens is 2. The highest BCUT2D eigenvalue weighted by Crippen LogP contribution is 2.32. The van der Waals surface area contributed by atoms with Crippen molar-refractivity contribution in [1.82, 2.24) is 0 Å². The quantitative estimate of drug-likeness (QED) is 0.778. The van der Waals surface area contributed by atoms with Crippen molar-refractivity contribution in [3.63, 3.8) is 0 Å². The molecule has 2 aromatic carbocycles. The first-order chi connectivity index (χ1) is 7.58. The van der Waals surface area contributed by atoms with Crippen LogP contribution in [0.25, 0.3) is 11.1 Å². The van der Waals surface area contributed by atoms with Crippen LogP contribution >= 0.6 is 0 Å². The first-order valence-corrected chi connectivity index (χ1v) is 4.55. The minimum atomic E-state index is -0.764. The Morgan fingerprint density at radius 1 is 0.812 bits per heavy atom. The van der Waals surface area contributed by atoms with Crippen molar-refractivity contribution in [2.75, 3.05) is 0 Å². The van der Waals surface area contributed by atoms with Crippen molar-refractivity contribution in [3.05, 3.63) is 48.0 Å². The normalized spacial score (nSPS) is 10.4. The van der Waals surface area contributed by atoms with E-state index >= 15 is 0 Å². The smallest absolute Gasteiger partial charge is 0.164 e. The summed E-state index contributed by atoms with van der Waals surface area (Å²) in [7, 11) is 0. The van der Waals surface area contributed by atoms with Crippen molar-refractivity contribution < 1.29 is 19.0 Å². The van der Waals surface area contributed by atoms with Crippen LogP contribution in [0.15, 0.2) is 36.4 Å². The van der Waals surface area contributed by atoms with E-state index in [9.17, 15) is 19.0 Å². The summed E-state index contributed by atoms with van der Waals surface area (Å²) in [5.41, 5.74) is 0.547. The predicted molar refractivity (Wildman–Crippen MR) is 55.1 cm³/mol. The van der Waals surface area contributed by atoms with Gasteiger partial charge in [0.25, 0.3) is 0 Å². The van der Waals surface area contributed by atoms with Crippen LogP contribution in [0.3, 0.4) is 0 Å². The number of benzene rings is 2. The molecule has 0 saturated heterocycles. The average Bonchev–Trinajstić information content (AvgIpc) is 2.26. The fourth-order valence-corrected chi connectivity index (χ4v) is 1.42. The standard InChI is InChI=1S/C12H8F2O2/c13-8-2-4-11(15)9(6-8)7-1-3-10(14)12(16)5-7/h1-6,15-16H. The molecule has 2 rings (SSSR count). The highest BCUT2D eigenvalue weighted by Gasteiger charge is 2.08. The van der Waals surface area contributed by atoms with Gasteiger partial charge in [0.1, 0.15) is 11.6 Å². The SMILES string of the molecule is Oc1cc(-c2cc(F)ccc2O)ccc1F. The lowest BCUT2D eigenvalue weighted by molar-refractivity contribution is 0.432. The third-order valence-electron chi connectivity index (χ3n) is 2.22. The zero-order valence-corrected chi connectivity index (χ0v) is 8.11. The Bertz CT molecular complexity index is 539. The van der Waals surface area contributed by atoms with E-state index in [0.717, 1.165) is 24.3 Å². The Morgan fingerprint density at radius 2 is 1.56 bits per heavy atom. The number of hydrogen-bond acceptors (Lipinski definition) is 2. The Labute approximate surface area is 90.4 Å². The molecule has 0 atom stereocenters. The molecular weight excluding hydrogens is 214 g/mol. The Hall–Kier alpha value is -2.10. The van der Waals surface area contributed by atoms with Gasteiger partial charge in [-0.2, -0.15) is 0 Å². The lowest BCUT2D eigenvalue weighted by atomic mass is 10.0. The van der Waals surface area contributed by atoms with Crippen LogP contribution in [0.1, 0.15) is 0 Å². The predicted octanol–water partition coefficient (Wildman–Crippen LogP) is 3.04. The van der Waals surface area contributed by atoms with E-state index in [1.54, 1.807) is 0 Å². The van der Waals surface area contributed by atoms with Crippen molar-refractivity contribution in [1.29, 1.82) is 0 Å². The van der Waals surface area contributed by atoms with Gasteiger partial charge in [0.05, 0.1) is 0 Å². The lowest BCUT2D eigenvalue weighted by Gasteiger charge is -2.05. The molecule has 0 fully saturated rings. The summed E-state index contributed by atoms with van der Waals surface area (Å²) >= 11 is 0. The molecule has 0 aliphatic carbocycles. The molecular formula is C12H8F2O2. The molecule has 0 aliphatic heterocycles. The summed E-state index contributed by atoms with van der Waals surface area (Å²) in [5.74, 6) is -1.95. The molecule has 0 radical (unpaired) electrons. The summed E-state index contributed by atoms with van der Waals surface area (Å²) in [6, 6.07) is 6.96. The first kappa shape index (κ1) is 10.4. The molecule has 82 valence electrons. The van der Waals surface area contributed by atoms with E-state index in [0.29, 0.717) is 5.56 Å².